The molecule has 5 heteroatoms. The largest absolute Gasteiger partial charge is 0.494 e. The molecule has 1 aliphatic heterocycles. The van der Waals surface area contributed by atoms with Gasteiger partial charge in [-0.2, -0.15) is 5.26 Å². The fraction of sp³-hybridized carbons (Fsp3) is 0.385. The van der Waals surface area contributed by atoms with Crippen molar-refractivity contribution in [2.45, 2.75) is 45.1 Å². The van der Waals surface area contributed by atoms with E-state index >= 15 is 0 Å². The number of nitrogens with zero attached hydrogens (tertiary/aromatic N) is 3. The van der Waals surface area contributed by atoms with Crippen molar-refractivity contribution in [2.24, 2.45) is 0 Å². The molecular weight excluding hydrogens is 386 g/mol. The van der Waals surface area contributed by atoms with Gasteiger partial charge in [0.1, 0.15) is 11.8 Å². The summed E-state index contributed by atoms with van der Waals surface area (Å²) in [6, 6.07) is 16.7. The predicted octanol–water partition coefficient (Wildman–Crippen LogP) is 5.54. The van der Waals surface area contributed by atoms with E-state index < -0.39 is 0 Å². The van der Waals surface area contributed by atoms with E-state index in [9.17, 15) is 10.1 Å². The van der Waals surface area contributed by atoms with Crippen LogP contribution in [0.25, 0.3) is 22.2 Å². The number of ether oxygens (including phenoxy) is 1. The number of fused-ring (bicyclic) bond motifs is 1. The van der Waals surface area contributed by atoms with E-state index in [1.807, 2.05) is 48.2 Å². The van der Waals surface area contributed by atoms with Crippen molar-refractivity contribution < 1.29 is 9.53 Å². The van der Waals surface area contributed by atoms with Gasteiger partial charge in [0.25, 0.3) is 5.91 Å². The molecule has 1 saturated carbocycles. The predicted molar refractivity (Wildman–Crippen MR) is 121 cm³/mol. The van der Waals surface area contributed by atoms with E-state index in [1.165, 1.54) is 6.42 Å². The van der Waals surface area contributed by atoms with Crippen molar-refractivity contribution in [1.82, 2.24) is 9.47 Å². The van der Waals surface area contributed by atoms with Gasteiger partial charge >= 0.3 is 0 Å². The molecular formula is C26H27N3O2. The molecule has 0 spiro atoms. The molecule has 1 amide bonds. The van der Waals surface area contributed by atoms with Crippen LogP contribution in [0.5, 0.6) is 5.75 Å². The van der Waals surface area contributed by atoms with Crippen molar-refractivity contribution >= 4 is 16.8 Å². The SMILES string of the molecule is CCOc1ccc2c(C#N)c(-c3ccc(C(=O)N4CCCC4)cc3)n(C3CCC3)c2c1. The minimum Gasteiger partial charge on any atom is -0.494 e. The number of likely N-dealkylation sites (tertiary alicyclic amines) is 1. The maximum atomic E-state index is 12.7. The molecule has 0 bridgehead atoms. The molecule has 0 radical (unpaired) electrons. The second-order valence-corrected chi connectivity index (χ2v) is 8.48. The highest BCUT2D eigenvalue weighted by Gasteiger charge is 2.28. The molecule has 5 nitrogen and oxygen atoms in total. The number of aromatic nitrogens is 1. The Morgan fingerprint density at radius 1 is 1.10 bits per heavy atom. The van der Waals surface area contributed by atoms with Gasteiger partial charge in [0.2, 0.25) is 0 Å². The molecule has 1 aromatic heterocycles. The van der Waals surface area contributed by atoms with Crippen LogP contribution in [0, 0.1) is 11.3 Å². The summed E-state index contributed by atoms with van der Waals surface area (Å²) in [5, 5.41) is 11.0. The third-order valence-corrected chi connectivity index (χ3v) is 6.64. The summed E-state index contributed by atoms with van der Waals surface area (Å²) in [5.41, 5.74) is 4.41. The van der Waals surface area contributed by atoms with E-state index in [2.05, 4.69) is 16.7 Å². The molecule has 0 atom stereocenters. The van der Waals surface area contributed by atoms with Crippen molar-refractivity contribution in [3.63, 3.8) is 0 Å². The van der Waals surface area contributed by atoms with Gasteiger partial charge in [-0.25, -0.2) is 0 Å². The highest BCUT2D eigenvalue weighted by atomic mass is 16.5. The zero-order valence-electron chi connectivity index (χ0n) is 17.9. The maximum Gasteiger partial charge on any atom is 0.253 e. The normalized spacial score (nSPS) is 16.3. The summed E-state index contributed by atoms with van der Waals surface area (Å²) in [7, 11) is 0. The van der Waals surface area contributed by atoms with Crippen molar-refractivity contribution in [3.05, 3.63) is 53.6 Å². The number of hydrogen-bond donors (Lipinski definition) is 0. The Kier molecular flexibility index (Phi) is 5.15. The Hall–Kier alpha value is -3.26. The maximum absolute atomic E-state index is 12.7. The third-order valence-electron chi connectivity index (χ3n) is 6.64. The summed E-state index contributed by atoms with van der Waals surface area (Å²) in [5.74, 6) is 0.932. The standard InChI is InChI=1S/C26H27N3O2/c1-2-31-21-12-13-22-23(17-27)25(29(24(22)16-21)20-6-5-7-20)18-8-10-19(11-9-18)26(30)28-14-3-4-15-28/h8-13,16,20H,2-7,14-15H2,1H3. The van der Waals surface area contributed by atoms with Gasteiger partial charge in [0.15, 0.2) is 0 Å². The quantitative estimate of drug-likeness (QED) is 0.552. The number of nitriles is 1. The zero-order chi connectivity index (χ0) is 21.4. The van der Waals surface area contributed by atoms with Crippen molar-refractivity contribution in [2.75, 3.05) is 19.7 Å². The second kappa shape index (κ2) is 8.11. The van der Waals surface area contributed by atoms with Crippen LogP contribution in [0.1, 0.15) is 61.0 Å². The molecule has 5 rings (SSSR count). The number of benzene rings is 2. The van der Waals surface area contributed by atoms with Gasteiger partial charge in [-0.05, 0) is 68.9 Å². The average Bonchev–Trinajstić information content (AvgIpc) is 3.39. The summed E-state index contributed by atoms with van der Waals surface area (Å²) in [4.78, 5) is 14.7. The Morgan fingerprint density at radius 3 is 2.45 bits per heavy atom. The first-order valence-electron chi connectivity index (χ1n) is 11.3. The second-order valence-electron chi connectivity index (χ2n) is 8.48. The van der Waals surface area contributed by atoms with Crippen molar-refractivity contribution in [3.8, 4) is 23.1 Å². The topological polar surface area (TPSA) is 58.3 Å². The molecule has 3 aromatic rings. The van der Waals surface area contributed by atoms with E-state index in [-0.39, 0.29) is 5.91 Å². The molecule has 31 heavy (non-hydrogen) atoms. The Morgan fingerprint density at radius 2 is 1.84 bits per heavy atom. The minimum absolute atomic E-state index is 0.102. The summed E-state index contributed by atoms with van der Waals surface area (Å²) in [6.07, 6.45) is 5.61. The average molecular weight is 414 g/mol. The van der Waals surface area contributed by atoms with Gasteiger partial charge in [-0.3, -0.25) is 4.79 Å². The molecule has 2 fully saturated rings. The van der Waals surface area contributed by atoms with Crippen molar-refractivity contribution in [1.29, 1.82) is 5.26 Å². The van der Waals surface area contributed by atoms with Gasteiger partial charge in [0.05, 0.1) is 23.4 Å². The van der Waals surface area contributed by atoms with E-state index in [0.29, 0.717) is 23.8 Å². The lowest BCUT2D eigenvalue weighted by Gasteiger charge is -2.30. The van der Waals surface area contributed by atoms with E-state index in [1.54, 1.807) is 0 Å². The van der Waals surface area contributed by atoms with Crippen LogP contribution in [0.4, 0.5) is 0 Å². The number of carbonyl (C=O) groups is 1. The highest BCUT2D eigenvalue weighted by Crippen LogP contribution is 2.43. The number of amides is 1. The fourth-order valence-corrected chi connectivity index (χ4v) is 4.84. The monoisotopic (exact) mass is 413 g/mol. The molecule has 158 valence electrons. The van der Waals surface area contributed by atoms with Gasteiger partial charge in [-0.15, -0.1) is 0 Å². The van der Waals surface area contributed by atoms with Gasteiger partial charge in [-0.1, -0.05) is 12.1 Å². The molecule has 0 N–H and O–H groups in total. The van der Waals surface area contributed by atoms with Gasteiger partial charge in [0, 0.05) is 36.1 Å². The Labute approximate surface area is 182 Å². The minimum atomic E-state index is 0.102. The highest BCUT2D eigenvalue weighted by molar-refractivity contribution is 5.97. The van der Waals surface area contributed by atoms with Crippen LogP contribution in [-0.4, -0.2) is 35.1 Å². The van der Waals surface area contributed by atoms with Gasteiger partial charge < -0.3 is 14.2 Å². The van der Waals surface area contributed by atoms with Crippen LogP contribution in [0.3, 0.4) is 0 Å². The Bertz CT molecular complexity index is 1160. The summed E-state index contributed by atoms with van der Waals surface area (Å²) in [6.45, 7) is 4.28. The molecule has 0 unspecified atom stereocenters. The van der Waals surface area contributed by atoms with Crippen LogP contribution in [-0.2, 0) is 0 Å². The van der Waals surface area contributed by atoms with Crippen LogP contribution >= 0.6 is 0 Å². The first-order chi connectivity index (χ1) is 15.2. The lowest BCUT2D eigenvalue weighted by molar-refractivity contribution is 0.0793. The van der Waals surface area contributed by atoms with E-state index in [4.69, 9.17) is 4.74 Å². The van der Waals surface area contributed by atoms with Crippen LogP contribution < -0.4 is 4.74 Å². The van der Waals surface area contributed by atoms with E-state index in [0.717, 1.165) is 66.7 Å². The molecule has 1 saturated heterocycles. The lowest BCUT2D eigenvalue weighted by Crippen LogP contribution is -2.27. The Balaban J connectivity index is 1.61. The summed E-state index contributed by atoms with van der Waals surface area (Å²) < 4.78 is 8.07. The lowest BCUT2D eigenvalue weighted by atomic mass is 9.92. The number of rotatable bonds is 5. The third kappa shape index (κ3) is 3.37. The molecule has 2 aliphatic rings. The number of carbonyl (C=O) groups excluding carboxylic acids is 1. The van der Waals surface area contributed by atoms with Crippen LogP contribution in [0.2, 0.25) is 0 Å². The fourth-order valence-electron chi connectivity index (χ4n) is 4.84. The first-order valence-corrected chi connectivity index (χ1v) is 11.3. The summed E-state index contributed by atoms with van der Waals surface area (Å²) >= 11 is 0. The van der Waals surface area contributed by atoms with Crippen LogP contribution in [0.15, 0.2) is 42.5 Å². The zero-order valence-corrected chi connectivity index (χ0v) is 17.9. The molecule has 1 aliphatic carbocycles. The molecule has 2 heterocycles. The molecule has 2 aromatic carbocycles. The number of hydrogen-bond acceptors (Lipinski definition) is 3. The smallest absolute Gasteiger partial charge is 0.253 e. The first kappa shape index (κ1) is 19.7.